The lowest BCUT2D eigenvalue weighted by Gasteiger charge is -2.10. The minimum atomic E-state index is -1.04. The summed E-state index contributed by atoms with van der Waals surface area (Å²) >= 11 is 0. The normalized spacial score (nSPS) is 12.6. The van der Waals surface area contributed by atoms with Gasteiger partial charge in [0.25, 0.3) is 0 Å². The molecule has 2 aromatic heterocycles. The molecule has 1 unspecified atom stereocenters. The number of aromatic carboxylic acids is 1. The van der Waals surface area contributed by atoms with E-state index >= 15 is 0 Å². The van der Waals surface area contributed by atoms with Crippen LogP contribution in [0.25, 0.3) is 5.65 Å². The summed E-state index contributed by atoms with van der Waals surface area (Å²) in [5, 5.41) is 9.20. The number of nitrogens with zero attached hydrogens (tertiary/aromatic N) is 2. The lowest BCUT2D eigenvalue weighted by molar-refractivity contribution is 0.0681. The zero-order valence-electron chi connectivity index (χ0n) is 9.75. The summed E-state index contributed by atoms with van der Waals surface area (Å²) in [5.41, 5.74) is 0.643. The number of hydrogen-bond acceptors (Lipinski definition) is 3. The molecule has 17 heavy (non-hydrogen) atoms. The van der Waals surface area contributed by atoms with Crippen molar-refractivity contribution >= 4 is 11.6 Å². The molecule has 0 radical (unpaired) electrons. The molecule has 0 spiro atoms. The summed E-state index contributed by atoms with van der Waals surface area (Å²) in [6, 6.07) is 5.31. The third-order valence-electron chi connectivity index (χ3n) is 2.59. The fraction of sp³-hybridized carbons (Fsp3) is 0.333. The third-order valence-corrected chi connectivity index (χ3v) is 2.59. The summed E-state index contributed by atoms with van der Waals surface area (Å²) < 4.78 is 7.04. The molecule has 2 heterocycles. The van der Waals surface area contributed by atoms with Gasteiger partial charge in [-0.05, 0) is 25.5 Å². The number of carboxylic acids is 1. The smallest absolute Gasteiger partial charge is 0.358 e. The van der Waals surface area contributed by atoms with Crippen molar-refractivity contribution in [3.8, 4) is 5.88 Å². The Morgan fingerprint density at radius 1 is 1.59 bits per heavy atom. The molecule has 5 nitrogen and oxygen atoms in total. The van der Waals surface area contributed by atoms with Crippen LogP contribution in [0.3, 0.4) is 0 Å². The van der Waals surface area contributed by atoms with Crippen molar-refractivity contribution in [1.82, 2.24) is 9.38 Å². The lowest BCUT2D eigenvalue weighted by Crippen LogP contribution is -2.13. The summed E-state index contributed by atoms with van der Waals surface area (Å²) in [5.74, 6) is -0.861. The van der Waals surface area contributed by atoms with E-state index in [1.165, 1.54) is 4.40 Å². The number of hydrogen-bond donors (Lipinski definition) is 1. The highest BCUT2D eigenvalue weighted by Gasteiger charge is 2.20. The van der Waals surface area contributed by atoms with Gasteiger partial charge in [0.05, 0.1) is 6.10 Å². The van der Waals surface area contributed by atoms with Crippen LogP contribution in [0.1, 0.15) is 30.8 Å². The first-order chi connectivity index (χ1) is 8.13. The molecule has 0 aliphatic heterocycles. The number of rotatable bonds is 4. The second kappa shape index (κ2) is 4.45. The van der Waals surface area contributed by atoms with E-state index < -0.39 is 5.97 Å². The average Bonchev–Trinajstić information content (AvgIpc) is 2.66. The Morgan fingerprint density at radius 2 is 2.35 bits per heavy atom. The van der Waals surface area contributed by atoms with Gasteiger partial charge in [-0.1, -0.05) is 13.0 Å². The SMILES string of the molecule is CCC(C)Oc1nc2ccccn2c1C(=O)O. The predicted octanol–water partition coefficient (Wildman–Crippen LogP) is 2.21. The van der Waals surface area contributed by atoms with Gasteiger partial charge in [0.2, 0.25) is 5.88 Å². The highest BCUT2D eigenvalue weighted by molar-refractivity contribution is 5.89. The molecule has 0 saturated carbocycles. The Labute approximate surface area is 98.7 Å². The van der Waals surface area contributed by atoms with Gasteiger partial charge in [-0.2, -0.15) is 4.98 Å². The van der Waals surface area contributed by atoms with E-state index in [4.69, 9.17) is 4.74 Å². The summed E-state index contributed by atoms with van der Waals surface area (Å²) in [4.78, 5) is 15.4. The number of aromatic nitrogens is 2. The zero-order chi connectivity index (χ0) is 12.4. The van der Waals surface area contributed by atoms with Crippen LogP contribution >= 0.6 is 0 Å². The van der Waals surface area contributed by atoms with E-state index in [1.807, 2.05) is 13.8 Å². The quantitative estimate of drug-likeness (QED) is 0.880. The summed E-state index contributed by atoms with van der Waals surface area (Å²) in [6.07, 6.45) is 2.40. The fourth-order valence-corrected chi connectivity index (χ4v) is 1.52. The first kappa shape index (κ1) is 11.4. The van der Waals surface area contributed by atoms with E-state index in [0.29, 0.717) is 5.65 Å². The molecule has 0 amide bonds. The number of carboxylic acid groups (broad SMARTS) is 1. The van der Waals surface area contributed by atoms with Crippen molar-refractivity contribution in [2.24, 2.45) is 0 Å². The molecule has 0 saturated heterocycles. The molecule has 1 atom stereocenters. The van der Waals surface area contributed by atoms with Crippen LogP contribution in [0.15, 0.2) is 24.4 Å². The third kappa shape index (κ3) is 2.08. The number of imidazole rings is 1. The van der Waals surface area contributed by atoms with E-state index in [9.17, 15) is 9.90 Å². The fourth-order valence-electron chi connectivity index (χ4n) is 1.52. The molecule has 0 bridgehead atoms. The minimum absolute atomic E-state index is 0.0574. The molecular weight excluding hydrogens is 220 g/mol. The Bertz CT molecular complexity index is 548. The van der Waals surface area contributed by atoms with Crippen molar-refractivity contribution in [3.05, 3.63) is 30.1 Å². The van der Waals surface area contributed by atoms with Crippen LogP contribution in [0, 0.1) is 0 Å². The van der Waals surface area contributed by atoms with Crippen molar-refractivity contribution < 1.29 is 14.6 Å². The Morgan fingerprint density at radius 3 is 3.00 bits per heavy atom. The number of pyridine rings is 1. The topological polar surface area (TPSA) is 63.8 Å². The van der Waals surface area contributed by atoms with E-state index in [1.54, 1.807) is 24.4 Å². The van der Waals surface area contributed by atoms with Crippen LogP contribution in [-0.2, 0) is 0 Å². The van der Waals surface area contributed by atoms with Crippen LogP contribution in [0.4, 0.5) is 0 Å². The molecule has 90 valence electrons. The second-order valence-corrected chi connectivity index (χ2v) is 3.84. The molecule has 0 aromatic carbocycles. The molecule has 5 heteroatoms. The number of carbonyl (C=O) groups is 1. The molecule has 2 rings (SSSR count). The van der Waals surface area contributed by atoms with Crippen molar-refractivity contribution in [2.45, 2.75) is 26.4 Å². The maximum atomic E-state index is 11.2. The van der Waals surface area contributed by atoms with Gasteiger partial charge in [0, 0.05) is 6.20 Å². The van der Waals surface area contributed by atoms with E-state index in [-0.39, 0.29) is 17.7 Å². The first-order valence-electron chi connectivity index (χ1n) is 5.50. The van der Waals surface area contributed by atoms with Gasteiger partial charge in [-0.25, -0.2) is 4.79 Å². The van der Waals surface area contributed by atoms with E-state index in [0.717, 1.165) is 6.42 Å². The van der Waals surface area contributed by atoms with Crippen LogP contribution < -0.4 is 4.74 Å². The monoisotopic (exact) mass is 234 g/mol. The molecule has 1 N–H and O–H groups in total. The van der Waals surface area contributed by atoms with Crippen molar-refractivity contribution in [1.29, 1.82) is 0 Å². The molecule has 2 aromatic rings. The van der Waals surface area contributed by atoms with Crippen LogP contribution in [-0.4, -0.2) is 26.6 Å². The van der Waals surface area contributed by atoms with Gasteiger partial charge in [0.1, 0.15) is 5.65 Å². The zero-order valence-corrected chi connectivity index (χ0v) is 9.75. The highest BCUT2D eigenvalue weighted by Crippen LogP contribution is 2.21. The molecule has 0 aliphatic rings. The molecule has 0 fully saturated rings. The Hall–Kier alpha value is -2.04. The molecule has 0 aliphatic carbocycles. The Balaban J connectivity index is 2.54. The first-order valence-corrected chi connectivity index (χ1v) is 5.50. The summed E-state index contributed by atoms with van der Waals surface area (Å²) in [6.45, 7) is 3.86. The standard InChI is InChI=1S/C12H14N2O3/c1-3-8(2)17-11-10(12(15)16)14-7-5-4-6-9(14)13-11/h4-8H,3H2,1-2H3,(H,15,16). The van der Waals surface area contributed by atoms with Gasteiger partial charge in [-0.15, -0.1) is 0 Å². The van der Waals surface area contributed by atoms with Crippen LogP contribution in [0.5, 0.6) is 5.88 Å². The lowest BCUT2D eigenvalue weighted by atomic mass is 10.3. The second-order valence-electron chi connectivity index (χ2n) is 3.84. The maximum absolute atomic E-state index is 11.2. The van der Waals surface area contributed by atoms with Crippen molar-refractivity contribution in [2.75, 3.05) is 0 Å². The van der Waals surface area contributed by atoms with Gasteiger partial charge in [-0.3, -0.25) is 4.40 Å². The highest BCUT2D eigenvalue weighted by atomic mass is 16.5. The van der Waals surface area contributed by atoms with E-state index in [2.05, 4.69) is 4.98 Å². The number of fused-ring (bicyclic) bond motifs is 1. The average molecular weight is 234 g/mol. The van der Waals surface area contributed by atoms with Gasteiger partial charge >= 0.3 is 5.97 Å². The number of ether oxygens (including phenoxy) is 1. The molecular formula is C12H14N2O3. The Kier molecular flexibility index (Phi) is 2.99. The van der Waals surface area contributed by atoms with Crippen LogP contribution in [0.2, 0.25) is 0 Å². The minimum Gasteiger partial charge on any atom is -0.476 e. The van der Waals surface area contributed by atoms with Crippen molar-refractivity contribution in [3.63, 3.8) is 0 Å². The predicted molar refractivity (Wildman–Crippen MR) is 62.5 cm³/mol. The van der Waals surface area contributed by atoms with Gasteiger partial charge < -0.3 is 9.84 Å². The summed E-state index contributed by atoms with van der Waals surface area (Å²) in [7, 11) is 0. The maximum Gasteiger partial charge on any atom is 0.358 e. The van der Waals surface area contributed by atoms with Gasteiger partial charge in [0.15, 0.2) is 5.69 Å². The largest absolute Gasteiger partial charge is 0.476 e.